The van der Waals surface area contributed by atoms with Crippen LogP contribution in [0.25, 0.3) is 11.6 Å². The summed E-state index contributed by atoms with van der Waals surface area (Å²) in [5.74, 6) is 0.862. The number of nitrogens with two attached hydrogens (primary N) is 1. The number of aromatic nitrogens is 2. The molecule has 0 aromatic carbocycles. The predicted octanol–water partition coefficient (Wildman–Crippen LogP) is 1.67. The van der Waals surface area contributed by atoms with E-state index in [-0.39, 0.29) is 6.01 Å². The first-order valence-electron chi connectivity index (χ1n) is 3.10. The zero-order chi connectivity index (χ0) is 8.55. The van der Waals surface area contributed by atoms with Crippen molar-refractivity contribution in [2.24, 2.45) is 0 Å². The molecule has 2 N–H and O–H groups in total. The zero-order valence-corrected chi connectivity index (χ0v) is 7.41. The van der Waals surface area contributed by atoms with E-state index in [1.54, 1.807) is 12.1 Å². The van der Waals surface area contributed by atoms with Crippen LogP contribution in [-0.2, 0) is 0 Å². The molecule has 0 aliphatic heterocycles. The van der Waals surface area contributed by atoms with Crippen LogP contribution in [0, 0.1) is 0 Å². The molecule has 12 heavy (non-hydrogen) atoms. The van der Waals surface area contributed by atoms with Crippen molar-refractivity contribution >= 4 is 21.9 Å². The molecule has 0 atom stereocenters. The summed E-state index contributed by atoms with van der Waals surface area (Å²) in [5, 5.41) is 3.57. The minimum absolute atomic E-state index is 0.0255. The minimum atomic E-state index is 0.0255. The fourth-order valence-corrected chi connectivity index (χ4v) is 1.08. The highest BCUT2D eigenvalue weighted by molar-refractivity contribution is 9.10. The SMILES string of the molecule is Nc1nc(-c2ccc(Br)o2)no1. The first-order valence-corrected chi connectivity index (χ1v) is 3.90. The average molecular weight is 230 g/mol. The fraction of sp³-hybridized carbons (Fsp3) is 0. The second-order valence-corrected chi connectivity index (χ2v) is 2.84. The van der Waals surface area contributed by atoms with Gasteiger partial charge in [0.2, 0.25) is 5.82 Å². The van der Waals surface area contributed by atoms with E-state index in [2.05, 4.69) is 30.6 Å². The summed E-state index contributed by atoms with van der Waals surface area (Å²) in [6, 6.07) is 3.48. The molecule has 0 unspecified atom stereocenters. The van der Waals surface area contributed by atoms with Gasteiger partial charge in [-0.15, -0.1) is 0 Å². The normalized spacial score (nSPS) is 10.4. The summed E-state index contributed by atoms with van der Waals surface area (Å²) in [6.07, 6.45) is 0. The maximum Gasteiger partial charge on any atom is 0.319 e. The molecule has 2 heterocycles. The topological polar surface area (TPSA) is 78.1 Å². The highest BCUT2D eigenvalue weighted by Crippen LogP contribution is 2.22. The van der Waals surface area contributed by atoms with Crippen molar-refractivity contribution in [3.05, 3.63) is 16.8 Å². The third-order valence-corrected chi connectivity index (χ3v) is 1.66. The van der Waals surface area contributed by atoms with Crippen LogP contribution in [0.4, 0.5) is 6.01 Å². The Balaban J connectivity index is 2.43. The molecule has 0 fully saturated rings. The van der Waals surface area contributed by atoms with E-state index in [1.807, 2.05) is 0 Å². The van der Waals surface area contributed by atoms with E-state index in [4.69, 9.17) is 10.2 Å². The molecule has 2 aromatic heterocycles. The molecule has 0 saturated carbocycles. The monoisotopic (exact) mass is 229 g/mol. The van der Waals surface area contributed by atoms with E-state index in [0.29, 0.717) is 16.3 Å². The van der Waals surface area contributed by atoms with Crippen LogP contribution >= 0.6 is 15.9 Å². The minimum Gasteiger partial charge on any atom is -0.446 e. The molecular formula is C6H4BrN3O2. The number of nitrogen functional groups attached to an aromatic ring is 1. The van der Waals surface area contributed by atoms with Gasteiger partial charge in [-0.2, -0.15) is 4.98 Å². The van der Waals surface area contributed by atoms with E-state index in [1.165, 1.54) is 0 Å². The van der Waals surface area contributed by atoms with Crippen LogP contribution in [0.5, 0.6) is 0 Å². The standard InChI is InChI=1S/C6H4BrN3O2/c7-4-2-1-3(11-4)5-9-6(8)12-10-5/h1-2H,(H2,8,9,10). The lowest BCUT2D eigenvalue weighted by Crippen LogP contribution is -1.82. The number of halogens is 1. The second-order valence-electron chi connectivity index (χ2n) is 2.06. The summed E-state index contributed by atoms with van der Waals surface area (Å²) in [4.78, 5) is 3.78. The third kappa shape index (κ3) is 1.20. The number of furan rings is 1. The second kappa shape index (κ2) is 2.63. The average Bonchev–Trinajstić information content (AvgIpc) is 2.58. The summed E-state index contributed by atoms with van der Waals surface area (Å²) in [6.45, 7) is 0. The van der Waals surface area contributed by atoms with Gasteiger partial charge in [-0.25, -0.2) is 0 Å². The third-order valence-electron chi connectivity index (χ3n) is 1.24. The van der Waals surface area contributed by atoms with Gasteiger partial charge >= 0.3 is 6.01 Å². The summed E-state index contributed by atoms with van der Waals surface area (Å²) >= 11 is 3.15. The zero-order valence-electron chi connectivity index (χ0n) is 5.82. The Bertz CT molecular complexity index is 357. The Morgan fingerprint density at radius 2 is 2.25 bits per heavy atom. The van der Waals surface area contributed by atoms with Crippen molar-refractivity contribution in [1.82, 2.24) is 10.1 Å². The molecule has 2 aromatic rings. The van der Waals surface area contributed by atoms with Gasteiger partial charge in [-0.3, -0.25) is 0 Å². The molecular weight excluding hydrogens is 226 g/mol. The molecule has 0 saturated heterocycles. The van der Waals surface area contributed by atoms with Crippen LogP contribution in [0.3, 0.4) is 0 Å². The van der Waals surface area contributed by atoms with E-state index in [0.717, 1.165) is 0 Å². The number of hydrogen-bond donors (Lipinski definition) is 1. The van der Waals surface area contributed by atoms with E-state index in [9.17, 15) is 0 Å². The van der Waals surface area contributed by atoms with Crippen LogP contribution < -0.4 is 5.73 Å². The maximum absolute atomic E-state index is 5.23. The summed E-state index contributed by atoms with van der Waals surface area (Å²) < 4.78 is 10.3. The van der Waals surface area contributed by atoms with Crippen molar-refractivity contribution in [2.45, 2.75) is 0 Å². The molecule has 6 heteroatoms. The van der Waals surface area contributed by atoms with Crippen LogP contribution in [0.2, 0.25) is 0 Å². The Labute approximate surface area is 75.7 Å². The first-order chi connectivity index (χ1) is 5.75. The van der Waals surface area contributed by atoms with Gasteiger partial charge < -0.3 is 14.7 Å². The number of nitrogens with zero attached hydrogens (tertiary/aromatic N) is 2. The number of anilines is 1. The quantitative estimate of drug-likeness (QED) is 0.805. The van der Waals surface area contributed by atoms with Crippen molar-refractivity contribution in [3.63, 3.8) is 0 Å². The smallest absolute Gasteiger partial charge is 0.319 e. The van der Waals surface area contributed by atoms with Gasteiger partial charge in [0.1, 0.15) is 0 Å². The van der Waals surface area contributed by atoms with Gasteiger partial charge in [0, 0.05) is 0 Å². The lowest BCUT2D eigenvalue weighted by molar-refractivity contribution is 0.433. The van der Waals surface area contributed by atoms with Crippen LogP contribution in [0.1, 0.15) is 0 Å². The molecule has 5 nitrogen and oxygen atoms in total. The lowest BCUT2D eigenvalue weighted by Gasteiger charge is -1.82. The van der Waals surface area contributed by atoms with Crippen LogP contribution in [0.15, 0.2) is 25.7 Å². The molecule has 0 radical (unpaired) electrons. The van der Waals surface area contributed by atoms with E-state index >= 15 is 0 Å². The van der Waals surface area contributed by atoms with Crippen LogP contribution in [-0.4, -0.2) is 10.1 Å². The fourth-order valence-electron chi connectivity index (χ4n) is 0.770. The molecule has 0 bridgehead atoms. The van der Waals surface area contributed by atoms with Gasteiger partial charge in [0.05, 0.1) is 0 Å². The van der Waals surface area contributed by atoms with Crippen molar-refractivity contribution in [3.8, 4) is 11.6 Å². The summed E-state index contributed by atoms with van der Waals surface area (Å²) in [7, 11) is 0. The summed E-state index contributed by atoms with van der Waals surface area (Å²) in [5.41, 5.74) is 5.23. The number of rotatable bonds is 1. The Morgan fingerprint density at radius 1 is 1.42 bits per heavy atom. The predicted molar refractivity (Wildman–Crippen MR) is 44.1 cm³/mol. The first kappa shape index (κ1) is 7.35. The van der Waals surface area contributed by atoms with Crippen molar-refractivity contribution in [1.29, 1.82) is 0 Å². The van der Waals surface area contributed by atoms with Crippen molar-refractivity contribution < 1.29 is 8.94 Å². The largest absolute Gasteiger partial charge is 0.446 e. The van der Waals surface area contributed by atoms with Gasteiger partial charge in [0.25, 0.3) is 0 Å². The maximum atomic E-state index is 5.23. The van der Waals surface area contributed by atoms with Gasteiger partial charge in [0.15, 0.2) is 10.4 Å². The van der Waals surface area contributed by atoms with E-state index < -0.39 is 0 Å². The van der Waals surface area contributed by atoms with Gasteiger partial charge in [-0.05, 0) is 28.1 Å². The molecule has 0 amide bonds. The molecule has 2 rings (SSSR count). The Morgan fingerprint density at radius 3 is 2.75 bits per heavy atom. The van der Waals surface area contributed by atoms with Crippen molar-refractivity contribution in [2.75, 3.05) is 5.73 Å². The van der Waals surface area contributed by atoms with Gasteiger partial charge in [-0.1, -0.05) is 5.16 Å². The molecule has 62 valence electrons. The number of hydrogen-bond acceptors (Lipinski definition) is 5. The molecule has 0 aliphatic rings. The lowest BCUT2D eigenvalue weighted by atomic mass is 10.4. The highest BCUT2D eigenvalue weighted by atomic mass is 79.9. The highest BCUT2D eigenvalue weighted by Gasteiger charge is 2.09. The Hall–Kier alpha value is -1.30. The molecule has 0 aliphatic carbocycles. The molecule has 0 spiro atoms. The Kier molecular flexibility index (Phi) is 1.61.